The highest BCUT2D eigenvalue weighted by Gasteiger charge is 2.16. The van der Waals surface area contributed by atoms with Crippen LogP contribution in [0, 0.1) is 6.92 Å². The summed E-state index contributed by atoms with van der Waals surface area (Å²) < 4.78 is 14.9. The second-order valence-corrected chi connectivity index (χ2v) is 8.48. The van der Waals surface area contributed by atoms with Gasteiger partial charge in [-0.25, -0.2) is 13.9 Å². The molecule has 10 heteroatoms. The third kappa shape index (κ3) is 4.63. The maximum absolute atomic E-state index is 11.9. The van der Waals surface area contributed by atoms with Crippen molar-refractivity contribution in [2.75, 3.05) is 6.54 Å². The molecular formula is C14H19N5O2S3. The van der Waals surface area contributed by atoms with Crippen molar-refractivity contribution in [3.05, 3.63) is 27.3 Å². The summed E-state index contributed by atoms with van der Waals surface area (Å²) in [5, 5.41) is 11.7. The van der Waals surface area contributed by atoms with E-state index >= 15 is 0 Å². The van der Waals surface area contributed by atoms with Gasteiger partial charge in [-0.05, 0) is 19.1 Å². The van der Waals surface area contributed by atoms with E-state index in [4.69, 9.17) is 11.5 Å². The molecule has 6 N–H and O–H groups in total. The highest BCUT2D eigenvalue weighted by molar-refractivity contribution is 7.85. The molecule has 2 aromatic heterocycles. The first-order valence-corrected chi connectivity index (χ1v) is 9.92. The van der Waals surface area contributed by atoms with E-state index in [1.54, 1.807) is 16.7 Å². The molecule has 0 amide bonds. The Labute approximate surface area is 150 Å². The highest BCUT2D eigenvalue weighted by atomic mass is 32.2. The topological polar surface area (TPSA) is 126 Å². The monoisotopic (exact) mass is 385 g/mol. The fourth-order valence-corrected chi connectivity index (χ4v) is 4.49. The third-order valence-electron chi connectivity index (χ3n) is 2.86. The lowest BCUT2D eigenvalue weighted by Gasteiger charge is -2.01. The largest absolute Gasteiger partial charge is 0.504 e. The van der Waals surface area contributed by atoms with Crippen LogP contribution >= 0.6 is 22.7 Å². The second-order valence-electron chi connectivity index (χ2n) is 4.73. The molecule has 0 aliphatic rings. The van der Waals surface area contributed by atoms with E-state index < -0.39 is 11.0 Å². The van der Waals surface area contributed by atoms with Crippen LogP contribution in [0.25, 0.3) is 0 Å². The lowest BCUT2D eigenvalue weighted by molar-refractivity contribution is 0.467. The lowest BCUT2D eigenvalue weighted by atomic mass is 10.4. The zero-order valence-electron chi connectivity index (χ0n) is 13.3. The van der Waals surface area contributed by atoms with Crippen LogP contribution in [0.15, 0.2) is 31.7 Å². The summed E-state index contributed by atoms with van der Waals surface area (Å²) in [6.45, 7) is 4.79. The van der Waals surface area contributed by atoms with Gasteiger partial charge in [0.15, 0.2) is 21.6 Å². The summed E-state index contributed by atoms with van der Waals surface area (Å²) >= 11 is 2.77. The summed E-state index contributed by atoms with van der Waals surface area (Å²) in [5.41, 5.74) is 11.9. The first-order valence-electron chi connectivity index (χ1n) is 7.07. The number of hydrogen-bond acceptors (Lipinski definition) is 6. The molecule has 0 aliphatic carbocycles. The van der Waals surface area contributed by atoms with Crippen molar-refractivity contribution in [2.24, 2.45) is 21.5 Å². The number of hydrogen-bond donors (Lipinski definition) is 4. The minimum atomic E-state index is -1.48. The van der Waals surface area contributed by atoms with Crippen LogP contribution in [0.2, 0.25) is 0 Å². The number of aromatic hydroxyl groups is 1. The van der Waals surface area contributed by atoms with Crippen molar-refractivity contribution in [3.63, 3.8) is 0 Å². The number of nitrogens with zero attached hydrogens (tertiary/aromatic N) is 2. The summed E-state index contributed by atoms with van der Waals surface area (Å²) in [7, 11) is -1.48. The summed E-state index contributed by atoms with van der Waals surface area (Å²) in [5.74, 6) is -0.0536. The van der Waals surface area contributed by atoms with Gasteiger partial charge in [0.25, 0.3) is 0 Å². The number of rotatable bonds is 6. The minimum Gasteiger partial charge on any atom is -0.504 e. The molecule has 1 unspecified atom stereocenters. The van der Waals surface area contributed by atoms with Crippen LogP contribution in [0.1, 0.15) is 16.7 Å². The summed E-state index contributed by atoms with van der Waals surface area (Å²) in [4.78, 5) is 10.6. The Kier molecular flexibility index (Phi) is 6.49. The highest BCUT2D eigenvalue weighted by Crippen LogP contribution is 2.38. The molecular weight excluding hydrogens is 366 g/mol. The van der Waals surface area contributed by atoms with E-state index in [1.165, 1.54) is 4.88 Å². The van der Waals surface area contributed by atoms with Crippen LogP contribution in [0.5, 0.6) is 5.75 Å². The molecule has 130 valence electrons. The molecule has 1 atom stereocenters. The zero-order valence-corrected chi connectivity index (χ0v) is 15.7. The van der Waals surface area contributed by atoms with Gasteiger partial charge in [0.1, 0.15) is 16.7 Å². The van der Waals surface area contributed by atoms with Crippen molar-refractivity contribution >= 4 is 51.0 Å². The van der Waals surface area contributed by atoms with Crippen LogP contribution in [-0.2, 0) is 17.5 Å². The average Bonchev–Trinajstić information content (AvgIpc) is 3.11. The molecule has 0 fully saturated rings. The van der Waals surface area contributed by atoms with E-state index in [0.717, 1.165) is 16.2 Å². The van der Waals surface area contributed by atoms with Crippen LogP contribution in [0.4, 0.5) is 5.69 Å². The Morgan fingerprint density at radius 3 is 2.75 bits per heavy atom. The van der Waals surface area contributed by atoms with Gasteiger partial charge in [-0.3, -0.25) is 4.99 Å². The molecule has 0 saturated carbocycles. The van der Waals surface area contributed by atoms with Gasteiger partial charge in [-0.15, -0.1) is 22.7 Å². The van der Waals surface area contributed by atoms with Crippen molar-refractivity contribution in [1.82, 2.24) is 4.72 Å². The quantitative estimate of drug-likeness (QED) is 0.448. The summed E-state index contributed by atoms with van der Waals surface area (Å²) in [6, 6.07) is 4.00. The molecule has 2 rings (SSSR count). The Hall–Kier alpha value is -1.75. The predicted octanol–water partition coefficient (Wildman–Crippen LogP) is 2.00. The standard InChI is InChI=1S/C14H19N5O2S3/c1-3-18-24(21)14-11(20)10(7-22-14)19-13(16)12(15)17-6-9-5-4-8(2)23-9/h4-5,7,18,20H,3,6H2,1-2H3,(H2,15,17)(H2,16,19). The molecule has 0 aromatic carbocycles. The van der Waals surface area contributed by atoms with Gasteiger partial charge in [0.05, 0.1) is 6.54 Å². The van der Waals surface area contributed by atoms with Gasteiger partial charge in [0, 0.05) is 21.7 Å². The number of nitrogens with one attached hydrogen (secondary N) is 1. The van der Waals surface area contributed by atoms with Gasteiger partial charge in [-0.1, -0.05) is 6.92 Å². The van der Waals surface area contributed by atoms with Crippen molar-refractivity contribution in [3.8, 4) is 5.75 Å². The van der Waals surface area contributed by atoms with Gasteiger partial charge >= 0.3 is 0 Å². The Morgan fingerprint density at radius 1 is 1.38 bits per heavy atom. The molecule has 7 nitrogen and oxygen atoms in total. The van der Waals surface area contributed by atoms with Crippen molar-refractivity contribution < 1.29 is 9.32 Å². The molecule has 2 heterocycles. The second kappa shape index (κ2) is 8.38. The third-order valence-corrected chi connectivity index (χ3v) is 6.42. The van der Waals surface area contributed by atoms with Crippen LogP contribution in [0.3, 0.4) is 0 Å². The Balaban J connectivity index is 2.13. The van der Waals surface area contributed by atoms with Crippen LogP contribution < -0.4 is 16.2 Å². The Morgan fingerprint density at radius 2 is 2.12 bits per heavy atom. The maximum atomic E-state index is 11.9. The molecule has 2 aromatic rings. The molecule has 0 saturated heterocycles. The number of thiophene rings is 2. The fourth-order valence-electron chi connectivity index (χ4n) is 1.73. The molecule has 24 heavy (non-hydrogen) atoms. The van der Waals surface area contributed by atoms with Crippen molar-refractivity contribution in [1.29, 1.82) is 0 Å². The van der Waals surface area contributed by atoms with E-state index in [-0.39, 0.29) is 23.1 Å². The van der Waals surface area contributed by atoms with Gasteiger partial charge in [0.2, 0.25) is 0 Å². The smallest absolute Gasteiger partial charge is 0.170 e. The van der Waals surface area contributed by atoms with E-state index in [9.17, 15) is 9.32 Å². The summed E-state index contributed by atoms with van der Waals surface area (Å²) in [6.07, 6.45) is 0. The number of amidine groups is 2. The van der Waals surface area contributed by atoms with E-state index in [0.29, 0.717) is 17.3 Å². The maximum Gasteiger partial charge on any atom is 0.170 e. The van der Waals surface area contributed by atoms with Gasteiger partial charge < -0.3 is 16.6 Å². The molecule has 0 spiro atoms. The van der Waals surface area contributed by atoms with Crippen molar-refractivity contribution in [2.45, 2.75) is 24.6 Å². The van der Waals surface area contributed by atoms with E-state index in [2.05, 4.69) is 14.7 Å². The number of aryl methyl sites for hydroxylation is 1. The van der Waals surface area contributed by atoms with Crippen LogP contribution in [-0.4, -0.2) is 27.5 Å². The van der Waals surface area contributed by atoms with E-state index in [1.807, 2.05) is 26.0 Å². The first-order chi connectivity index (χ1) is 11.4. The number of aliphatic imine (C=N–C) groups is 2. The number of nitrogens with two attached hydrogens (primary N) is 2. The lowest BCUT2D eigenvalue weighted by Crippen LogP contribution is -2.31. The fraction of sp³-hybridized carbons (Fsp3) is 0.286. The predicted molar refractivity (Wildman–Crippen MR) is 102 cm³/mol. The molecule has 0 radical (unpaired) electrons. The minimum absolute atomic E-state index is 0.0113. The molecule has 0 aliphatic heterocycles. The average molecular weight is 386 g/mol. The SMILES string of the molecule is CCNS(=O)c1scc(N=C(N)C(N)=NCc2ccc(C)s2)c1O. The molecule has 0 bridgehead atoms. The van der Waals surface area contributed by atoms with Gasteiger partial charge in [-0.2, -0.15) is 0 Å². The Bertz CT molecular complexity index is 794. The normalized spacial score (nSPS) is 14.1. The first kappa shape index (κ1) is 18.6. The zero-order chi connectivity index (χ0) is 17.7.